The van der Waals surface area contributed by atoms with Gasteiger partial charge in [0, 0.05) is 39.9 Å². The molecule has 0 spiro atoms. The molecule has 4 rings (SSSR count). The zero-order chi connectivity index (χ0) is 17.2. The Kier molecular flexibility index (Phi) is 4.03. The standard InChI is InChI=1S/C19H16N4OS/c1-12-15(14-6-2-3-7-16(14)21-12)9-18(24)23-19-22-17(11-25-19)13-5-4-8-20-10-13/h2-8,10-11,21H,9H2,1H3,(H,22,23,24). The average Bonchev–Trinajstić information content (AvgIpc) is 3.21. The third-order valence-electron chi connectivity index (χ3n) is 4.07. The van der Waals surface area contributed by atoms with Crippen LogP contribution in [0.1, 0.15) is 11.3 Å². The lowest BCUT2D eigenvalue weighted by atomic mass is 10.1. The lowest BCUT2D eigenvalue weighted by Gasteiger charge is -2.02. The topological polar surface area (TPSA) is 70.7 Å². The summed E-state index contributed by atoms with van der Waals surface area (Å²) in [7, 11) is 0. The Morgan fingerprint density at radius 3 is 2.96 bits per heavy atom. The Balaban J connectivity index is 1.51. The number of rotatable bonds is 4. The number of thiazole rings is 1. The van der Waals surface area contributed by atoms with Crippen molar-refractivity contribution in [2.24, 2.45) is 0 Å². The minimum absolute atomic E-state index is 0.0695. The maximum atomic E-state index is 12.5. The second kappa shape index (κ2) is 6.49. The predicted molar refractivity (Wildman–Crippen MR) is 101 cm³/mol. The Morgan fingerprint density at radius 1 is 1.24 bits per heavy atom. The molecule has 1 aromatic carbocycles. The van der Waals surface area contributed by atoms with Crippen molar-refractivity contribution in [3.63, 3.8) is 0 Å². The molecule has 0 unspecified atom stereocenters. The number of anilines is 1. The van der Waals surface area contributed by atoms with Gasteiger partial charge in [0.15, 0.2) is 5.13 Å². The molecule has 0 atom stereocenters. The number of pyridine rings is 1. The fraction of sp³-hybridized carbons (Fsp3) is 0.105. The van der Waals surface area contributed by atoms with Gasteiger partial charge >= 0.3 is 0 Å². The molecule has 25 heavy (non-hydrogen) atoms. The van der Waals surface area contributed by atoms with Crippen LogP contribution < -0.4 is 5.32 Å². The van der Waals surface area contributed by atoms with Gasteiger partial charge in [0.2, 0.25) is 5.91 Å². The molecule has 0 saturated carbocycles. The van der Waals surface area contributed by atoms with Crippen molar-refractivity contribution >= 4 is 33.3 Å². The van der Waals surface area contributed by atoms with Crippen LogP contribution in [0.4, 0.5) is 5.13 Å². The summed E-state index contributed by atoms with van der Waals surface area (Å²) < 4.78 is 0. The Labute approximate surface area is 148 Å². The van der Waals surface area contributed by atoms with Crippen LogP contribution in [0.15, 0.2) is 54.2 Å². The van der Waals surface area contributed by atoms with Crippen molar-refractivity contribution < 1.29 is 4.79 Å². The first-order chi connectivity index (χ1) is 12.2. The van der Waals surface area contributed by atoms with Crippen molar-refractivity contribution in [3.05, 3.63) is 65.4 Å². The largest absolute Gasteiger partial charge is 0.358 e. The smallest absolute Gasteiger partial charge is 0.230 e. The summed E-state index contributed by atoms with van der Waals surface area (Å²) in [5.41, 5.74) is 4.85. The quantitative estimate of drug-likeness (QED) is 0.581. The molecule has 4 aromatic rings. The number of aromatic amines is 1. The van der Waals surface area contributed by atoms with Crippen molar-refractivity contribution in [3.8, 4) is 11.3 Å². The van der Waals surface area contributed by atoms with Crippen LogP contribution in [-0.2, 0) is 11.2 Å². The van der Waals surface area contributed by atoms with E-state index in [1.165, 1.54) is 11.3 Å². The number of aromatic nitrogens is 3. The monoisotopic (exact) mass is 348 g/mol. The molecule has 0 aliphatic heterocycles. The van der Waals surface area contributed by atoms with Crippen LogP contribution in [-0.4, -0.2) is 20.9 Å². The summed E-state index contributed by atoms with van der Waals surface area (Å²) in [5, 5.41) is 6.50. The van der Waals surface area contributed by atoms with Gasteiger partial charge in [0.25, 0.3) is 0 Å². The summed E-state index contributed by atoms with van der Waals surface area (Å²) in [4.78, 5) is 24.3. The fourth-order valence-corrected chi connectivity index (χ4v) is 3.60. The molecule has 3 heterocycles. The lowest BCUT2D eigenvalue weighted by molar-refractivity contribution is -0.115. The third-order valence-corrected chi connectivity index (χ3v) is 4.83. The van der Waals surface area contributed by atoms with Gasteiger partial charge in [-0.3, -0.25) is 9.78 Å². The highest BCUT2D eigenvalue weighted by Gasteiger charge is 2.14. The lowest BCUT2D eigenvalue weighted by Crippen LogP contribution is -2.14. The van der Waals surface area contributed by atoms with Gasteiger partial charge in [-0.2, -0.15) is 0 Å². The summed E-state index contributed by atoms with van der Waals surface area (Å²) in [5.74, 6) is -0.0695. The van der Waals surface area contributed by atoms with Gasteiger partial charge in [-0.25, -0.2) is 4.98 Å². The second-order valence-corrected chi connectivity index (χ2v) is 6.64. The number of benzene rings is 1. The average molecular weight is 348 g/mol. The second-order valence-electron chi connectivity index (χ2n) is 5.78. The van der Waals surface area contributed by atoms with Gasteiger partial charge in [0.1, 0.15) is 0 Å². The van der Waals surface area contributed by atoms with Crippen LogP contribution in [0.25, 0.3) is 22.2 Å². The highest BCUT2D eigenvalue weighted by atomic mass is 32.1. The molecular weight excluding hydrogens is 332 g/mol. The zero-order valence-corrected chi connectivity index (χ0v) is 14.4. The molecular formula is C19H16N4OS. The maximum absolute atomic E-state index is 12.5. The van der Waals surface area contributed by atoms with E-state index in [4.69, 9.17) is 0 Å². The van der Waals surface area contributed by atoms with E-state index < -0.39 is 0 Å². The van der Waals surface area contributed by atoms with Crippen molar-refractivity contribution in [1.29, 1.82) is 0 Å². The predicted octanol–water partition coefficient (Wildman–Crippen LogP) is 4.18. The molecule has 1 amide bonds. The van der Waals surface area contributed by atoms with E-state index in [-0.39, 0.29) is 5.91 Å². The fourth-order valence-electron chi connectivity index (χ4n) is 2.86. The third kappa shape index (κ3) is 3.16. The summed E-state index contributed by atoms with van der Waals surface area (Å²) >= 11 is 1.41. The van der Waals surface area contributed by atoms with Crippen LogP contribution in [0, 0.1) is 6.92 Å². The maximum Gasteiger partial charge on any atom is 0.230 e. The summed E-state index contributed by atoms with van der Waals surface area (Å²) in [6.45, 7) is 1.99. The molecule has 0 radical (unpaired) electrons. The minimum atomic E-state index is -0.0695. The summed E-state index contributed by atoms with van der Waals surface area (Å²) in [6, 6.07) is 11.8. The number of nitrogens with zero attached hydrogens (tertiary/aromatic N) is 2. The minimum Gasteiger partial charge on any atom is -0.358 e. The van der Waals surface area contributed by atoms with Crippen LogP contribution >= 0.6 is 11.3 Å². The van der Waals surface area contributed by atoms with Crippen molar-refractivity contribution in [1.82, 2.24) is 15.0 Å². The Morgan fingerprint density at radius 2 is 2.12 bits per heavy atom. The number of hydrogen-bond acceptors (Lipinski definition) is 4. The van der Waals surface area contributed by atoms with Gasteiger partial charge in [-0.1, -0.05) is 18.2 Å². The highest BCUT2D eigenvalue weighted by molar-refractivity contribution is 7.14. The number of nitrogens with one attached hydrogen (secondary N) is 2. The number of fused-ring (bicyclic) bond motifs is 1. The van der Waals surface area contributed by atoms with Crippen LogP contribution in [0.2, 0.25) is 0 Å². The van der Waals surface area contributed by atoms with E-state index in [0.717, 1.165) is 33.4 Å². The zero-order valence-electron chi connectivity index (χ0n) is 13.6. The molecule has 0 bridgehead atoms. The summed E-state index contributed by atoms with van der Waals surface area (Å²) in [6.07, 6.45) is 3.80. The molecule has 0 fully saturated rings. The first-order valence-corrected chi connectivity index (χ1v) is 8.80. The van der Waals surface area contributed by atoms with Crippen LogP contribution in [0.5, 0.6) is 0 Å². The molecule has 2 N–H and O–H groups in total. The number of amides is 1. The first kappa shape index (κ1) is 15.5. The Hall–Kier alpha value is -2.99. The number of aryl methyl sites for hydroxylation is 1. The molecule has 0 aliphatic carbocycles. The number of carbonyl (C=O) groups is 1. The van der Waals surface area contributed by atoms with E-state index >= 15 is 0 Å². The normalized spacial score (nSPS) is 10.9. The van der Waals surface area contributed by atoms with E-state index in [2.05, 4.69) is 20.3 Å². The van der Waals surface area contributed by atoms with Gasteiger partial charge < -0.3 is 10.3 Å². The number of carbonyl (C=O) groups excluding carboxylic acids is 1. The molecule has 5 nitrogen and oxygen atoms in total. The molecule has 0 saturated heterocycles. The van der Waals surface area contributed by atoms with Crippen molar-refractivity contribution in [2.45, 2.75) is 13.3 Å². The van der Waals surface area contributed by atoms with E-state index in [1.807, 2.05) is 48.7 Å². The van der Waals surface area contributed by atoms with Gasteiger partial charge in [-0.05, 0) is 30.7 Å². The van der Waals surface area contributed by atoms with E-state index in [0.29, 0.717) is 11.6 Å². The number of para-hydroxylation sites is 1. The number of H-pyrrole nitrogens is 1. The van der Waals surface area contributed by atoms with E-state index in [9.17, 15) is 4.79 Å². The number of hydrogen-bond donors (Lipinski definition) is 2. The van der Waals surface area contributed by atoms with Crippen LogP contribution in [0.3, 0.4) is 0 Å². The Bertz CT molecular complexity index is 1040. The molecule has 124 valence electrons. The van der Waals surface area contributed by atoms with E-state index in [1.54, 1.807) is 12.4 Å². The SMILES string of the molecule is Cc1[nH]c2ccccc2c1CC(=O)Nc1nc(-c2cccnc2)cs1. The van der Waals surface area contributed by atoms with Gasteiger partial charge in [-0.15, -0.1) is 11.3 Å². The molecule has 6 heteroatoms. The van der Waals surface area contributed by atoms with Crippen molar-refractivity contribution in [2.75, 3.05) is 5.32 Å². The molecule has 3 aromatic heterocycles. The first-order valence-electron chi connectivity index (χ1n) is 7.92. The molecule has 0 aliphatic rings. The van der Waals surface area contributed by atoms with Gasteiger partial charge in [0.05, 0.1) is 12.1 Å². The highest BCUT2D eigenvalue weighted by Crippen LogP contribution is 2.25.